The Balaban J connectivity index is 1.78. The van der Waals surface area contributed by atoms with E-state index in [9.17, 15) is 0 Å². The smallest absolute Gasteiger partial charge is 0.0346 e. The van der Waals surface area contributed by atoms with Crippen LogP contribution in [-0.2, 0) is 6.54 Å². The number of hydrogen-bond donors (Lipinski definition) is 1. The van der Waals surface area contributed by atoms with Crippen molar-refractivity contribution in [1.82, 2.24) is 10.3 Å². The standard InChI is InChI=1S/C16H18N2/c1-12-2-4-14(5-3-12)15-8-13(9-17-11-15)10-18-16-6-7-16/h2-5,8-9,11,16,18H,6-7,10H2,1H3. The second-order valence-electron chi connectivity index (χ2n) is 5.10. The summed E-state index contributed by atoms with van der Waals surface area (Å²) >= 11 is 0. The molecule has 2 nitrogen and oxygen atoms in total. The number of rotatable bonds is 4. The first kappa shape index (κ1) is 11.4. The van der Waals surface area contributed by atoms with Crippen molar-refractivity contribution < 1.29 is 0 Å². The van der Waals surface area contributed by atoms with Gasteiger partial charge in [-0.2, -0.15) is 0 Å². The number of benzene rings is 1. The van der Waals surface area contributed by atoms with Gasteiger partial charge in [-0.1, -0.05) is 29.8 Å². The maximum atomic E-state index is 4.34. The Morgan fingerprint density at radius 1 is 1.11 bits per heavy atom. The van der Waals surface area contributed by atoms with Gasteiger partial charge in [0.1, 0.15) is 0 Å². The molecule has 1 aliphatic rings. The van der Waals surface area contributed by atoms with Crippen LogP contribution in [0.15, 0.2) is 42.7 Å². The van der Waals surface area contributed by atoms with Crippen LogP contribution >= 0.6 is 0 Å². The summed E-state index contributed by atoms with van der Waals surface area (Å²) in [6, 6.07) is 11.6. The lowest BCUT2D eigenvalue weighted by Crippen LogP contribution is -2.15. The van der Waals surface area contributed by atoms with Gasteiger partial charge in [0, 0.05) is 30.5 Å². The minimum absolute atomic E-state index is 0.744. The predicted molar refractivity (Wildman–Crippen MR) is 74.3 cm³/mol. The summed E-state index contributed by atoms with van der Waals surface area (Å²) in [7, 11) is 0. The molecule has 92 valence electrons. The van der Waals surface area contributed by atoms with Gasteiger partial charge in [-0.15, -0.1) is 0 Å². The van der Waals surface area contributed by atoms with Crippen LogP contribution in [0.25, 0.3) is 11.1 Å². The van der Waals surface area contributed by atoms with Crippen molar-refractivity contribution in [3.63, 3.8) is 0 Å². The lowest BCUT2D eigenvalue weighted by molar-refractivity contribution is 0.686. The molecule has 1 aromatic heterocycles. The molecule has 2 heteroatoms. The van der Waals surface area contributed by atoms with Gasteiger partial charge >= 0.3 is 0 Å². The lowest BCUT2D eigenvalue weighted by atomic mass is 10.0. The fourth-order valence-electron chi connectivity index (χ4n) is 2.04. The number of aromatic nitrogens is 1. The van der Waals surface area contributed by atoms with E-state index in [0.29, 0.717) is 0 Å². The van der Waals surface area contributed by atoms with E-state index in [1.54, 1.807) is 0 Å². The third kappa shape index (κ3) is 2.77. The molecule has 0 unspecified atom stereocenters. The summed E-state index contributed by atoms with van der Waals surface area (Å²) in [5, 5.41) is 3.52. The molecule has 1 aromatic carbocycles. The number of pyridine rings is 1. The van der Waals surface area contributed by atoms with Gasteiger partial charge in [0.15, 0.2) is 0 Å². The Morgan fingerprint density at radius 3 is 2.61 bits per heavy atom. The number of nitrogens with zero attached hydrogens (tertiary/aromatic N) is 1. The average molecular weight is 238 g/mol. The minimum Gasteiger partial charge on any atom is -0.310 e. The Labute approximate surface area is 108 Å². The molecule has 1 N–H and O–H groups in total. The monoisotopic (exact) mass is 238 g/mol. The highest BCUT2D eigenvalue weighted by molar-refractivity contribution is 5.63. The molecule has 0 radical (unpaired) electrons. The SMILES string of the molecule is Cc1ccc(-c2cncc(CNC3CC3)c2)cc1. The van der Waals surface area contributed by atoms with Crippen LogP contribution in [0.2, 0.25) is 0 Å². The largest absolute Gasteiger partial charge is 0.310 e. The Kier molecular flexibility index (Phi) is 3.11. The highest BCUT2D eigenvalue weighted by atomic mass is 14.9. The molecular formula is C16H18N2. The van der Waals surface area contributed by atoms with Gasteiger partial charge in [0.25, 0.3) is 0 Å². The first-order chi connectivity index (χ1) is 8.81. The van der Waals surface area contributed by atoms with Crippen LogP contribution in [0.4, 0.5) is 0 Å². The quantitative estimate of drug-likeness (QED) is 0.884. The fraction of sp³-hybridized carbons (Fsp3) is 0.312. The van der Waals surface area contributed by atoms with E-state index >= 15 is 0 Å². The van der Waals surface area contributed by atoms with Crippen LogP contribution in [0, 0.1) is 6.92 Å². The van der Waals surface area contributed by atoms with Crippen LogP contribution in [-0.4, -0.2) is 11.0 Å². The van der Waals surface area contributed by atoms with Gasteiger partial charge < -0.3 is 5.32 Å². The summed E-state index contributed by atoms with van der Waals surface area (Å²) < 4.78 is 0. The molecule has 3 rings (SSSR count). The zero-order valence-electron chi connectivity index (χ0n) is 10.7. The summed E-state index contributed by atoms with van der Waals surface area (Å²) in [5.41, 5.74) is 4.99. The van der Waals surface area contributed by atoms with Crippen molar-refractivity contribution in [2.24, 2.45) is 0 Å². The summed E-state index contributed by atoms with van der Waals surface area (Å²) in [4.78, 5) is 4.34. The van der Waals surface area contributed by atoms with E-state index in [1.807, 2.05) is 12.4 Å². The molecule has 1 heterocycles. The maximum Gasteiger partial charge on any atom is 0.0346 e. The minimum atomic E-state index is 0.744. The van der Waals surface area contributed by atoms with E-state index in [0.717, 1.165) is 12.6 Å². The molecule has 0 amide bonds. The second-order valence-corrected chi connectivity index (χ2v) is 5.10. The zero-order chi connectivity index (χ0) is 12.4. The van der Waals surface area contributed by atoms with Gasteiger partial charge in [0.2, 0.25) is 0 Å². The molecule has 0 saturated heterocycles. The van der Waals surface area contributed by atoms with Gasteiger partial charge in [-0.25, -0.2) is 0 Å². The van der Waals surface area contributed by atoms with Crippen LogP contribution in [0.1, 0.15) is 24.0 Å². The maximum absolute atomic E-state index is 4.34. The predicted octanol–water partition coefficient (Wildman–Crippen LogP) is 3.31. The third-order valence-electron chi connectivity index (χ3n) is 3.35. The Hall–Kier alpha value is -1.67. The van der Waals surface area contributed by atoms with Crippen molar-refractivity contribution in [3.8, 4) is 11.1 Å². The van der Waals surface area contributed by atoms with Gasteiger partial charge in [-0.3, -0.25) is 4.98 Å². The van der Waals surface area contributed by atoms with Crippen LogP contribution < -0.4 is 5.32 Å². The highest BCUT2D eigenvalue weighted by Crippen LogP contribution is 2.22. The van der Waals surface area contributed by atoms with Gasteiger partial charge in [0.05, 0.1) is 0 Å². The van der Waals surface area contributed by atoms with Crippen molar-refractivity contribution in [2.75, 3.05) is 0 Å². The number of nitrogens with one attached hydrogen (secondary N) is 1. The van der Waals surface area contributed by atoms with Crippen molar-refractivity contribution >= 4 is 0 Å². The summed E-state index contributed by atoms with van der Waals surface area (Å²) in [6.45, 7) is 3.04. The lowest BCUT2D eigenvalue weighted by Gasteiger charge is -2.06. The molecule has 2 aromatic rings. The molecule has 0 spiro atoms. The van der Waals surface area contributed by atoms with E-state index < -0.39 is 0 Å². The van der Waals surface area contributed by atoms with E-state index in [4.69, 9.17) is 0 Å². The van der Waals surface area contributed by atoms with Crippen LogP contribution in [0.5, 0.6) is 0 Å². The van der Waals surface area contributed by atoms with Crippen molar-refractivity contribution in [3.05, 3.63) is 53.9 Å². The van der Waals surface area contributed by atoms with Crippen LogP contribution in [0.3, 0.4) is 0 Å². The van der Waals surface area contributed by atoms with E-state index in [-0.39, 0.29) is 0 Å². The molecule has 1 saturated carbocycles. The molecule has 1 fully saturated rings. The molecule has 18 heavy (non-hydrogen) atoms. The number of hydrogen-bond acceptors (Lipinski definition) is 2. The molecule has 0 bridgehead atoms. The Bertz CT molecular complexity index is 527. The number of aryl methyl sites for hydroxylation is 1. The van der Waals surface area contributed by atoms with E-state index in [2.05, 4.69) is 47.6 Å². The first-order valence-electron chi connectivity index (χ1n) is 6.55. The fourth-order valence-corrected chi connectivity index (χ4v) is 2.04. The highest BCUT2D eigenvalue weighted by Gasteiger charge is 2.19. The average Bonchev–Trinajstić information content (AvgIpc) is 3.22. The Morgan fingerprint density at radius 2 is 1.89 bits per heavy atom. The first-order valence-corrected chi connectivity index (χ1v) is 6.55. The van der Waals surface area contributed by atoms with Crippen molar-refractivity contribution in [1.29, 1.82) is 0 Å². The van der Waals surface area contributed by atoms with Crippen molar-refractivity contribution in [2.45, 2.75) is 32.4 Å². The second kappa shape index (κ2) is 4.91. The third-order valence-corrected chi connectivity index (χ3v) is 3.35. The van der Waals surface area contributed by atoms with Gasteiger partial charge in [-0.05, 0) is 37.0 Å². The normalized spacial score (nSPS) is 14.7. The molecule has 1 aliphatic carbocycles. The summed E-state index contributed by atoms with van der Waals surface area (Å²) in [6.07, 6.45) is 6.54. The molecule has 0 atom stereocenters. The summed E-state index contributed by atoms with van der Waals surface area (Å²) in [5.74, 6) is 0. The topological polar surface area (TPSA) is 24.9 Å². The van der Waals surface area contributed by atoms with E-state index in [1.165, 1.54) is 35.1 Å². The zero-order valence-corrected chi connectivity index (χ0v) is 10.7. The molecular weight excluding hydrogens is 220 g/mol. The molecule has 0 aliphatic heterocycles.